The van der Waals surface area contributed by atoms with Crippen molar-refractivity contribution < 1.29 is 19.8 Å². The van der Waals surface area contributed by atoms with Crippen LogP contribution in [0.1, 0.15) is 18.1 Å². The Morgan fingerprint density at radius 3 is 2.24 bits per heavy atom. The molecule has 0 heterocycles. The van der Waals surface area contributed by atoms with Crippen LogP contribution in [0.4, 0.5) is 0 Å². The Morgan fingerprint density at radius 2 is 1.69 bits per heavy atom. The zero-order valence-corrected chi connectivity index (χ0v) is 16.2. The van der Waals surface area contributed by atoms with Crippen molar-refractivity contribution >= 4 is 17.9 Å². The molecule has 0 aromatic heterocycles. The van der Waals surface area contributed by atoms with Crippen LogP contribution in [0.15, 0.2) is 60.2 Å². The highest BCUT2D eigenvalue weighted by Crippen LogP contribution is 2.33. The molecule has 2 unspecified atom stereocenters. The predicted octanol–water partition coefficient (Wildman–Crippen LogP) is 2.93. The van der Waals surface area contributed by atoms with E-state index >= 15 is 0 Å². The molecule has 2 atom stereocenters. The van der Waals surface area contributed by atoms with E-state index in [0.717, 1.165) is 16.7 Å². The number of hydrogen-bond acceptors (Lipinski definition) is 5. The Kier molecular flexibility index (Phi) is 6.12. The average Bonchev–Trinajstić information content (AvgIpc) is 3.50. The first-order chi connectivity index (χ1) is 13.9. The van der Waals surface area contributed by atoms with Crippen molar-refractivity contribution in [2.75, 3.05) is 13.1 Å². The van der Waals surface area contributed by atoms with Crippen molar-refractivity contribution in [2.45, 2.75) is 13.3 Å². The molecule has 6 nitrogen and oxygen atoms in total. The third kappa shape index (κ3) is 4.90. The van der Waals surface area contributed by atoms with Crippen molar-refractivity contribution in [1.29, 1.82) is 5.41 Å². The highest BCUT2D eigenvalue weighted by atomic mass is 16.3. The average molecular weight is 392 g/mol. The number of carbonyl (C=O) groups excluding carboxylic acids is 2. The van der Waals surface area contributed by atoms with E-state index in [9.17, 15) is 19.8 Å². The van der Waals surface area contributed by atoms with E-state index in [0.29, 0.717) is 25.1 Å². The highest BCUT2D eigenvalue weighted by molar-refractivity contribution is 6.05. The van der Waals surface area contributed by atoms with E-state index in [-0.39, 0.29) is 29.7 Å². The van der Waals surface area contributed by atoms with Gasteiger partial charge >= 0.3 is 0 Å². The Hall–Kier alpha value is -3.41. The second kappa shape index (κ2) is 8.73. The van der Waals surface area contributed by atoms with Crippen LogP contribution in [0.2, 0.25) is 0 Å². The lowest BCUT2D eigenvalue weighted by molar-refractivity contribution is -0.137. The number of rotatable bonds is 9. The third-order valence-corrected chi connectivity index (χ3v) is 5.10. The van der Waals surface area contributed by atoms with Crippen LogP contribution in [0.3, 0.4) is 0 Å². The fourth-order valence-corrected chi connectivity index (χ4v) is 3.29. The molecule has 2 aromatic rings. The molecule has 1 aliphatic rings. The van der Waals surface area contributed by atoms with Gasteiger partial charge < -0.3 is 25.3 Å². The summed E-state index contributed by atoms with van der Waals surface area (Å²) in [6.45, 7) is 2.72. The largest absolute Gasteiger partial charge is 0.508 e. The fraction of sp³-hybridized carbons (Fsp3) is 0.261. The molecular weight excluding hydrogens is 368 g/mol. The second-order valence-corrected chi connectivity index (χ2v) is 7.15. The molecule has 0 radical (unpaired) electrons. The highest BCUT2D eigenvalue weighted by Gasteiger charge is 2.33. The van der Waals surface area contributed by atoms with Crippen LogP contribution in [-0.2, 0) is 16.0 Å². The summed E-state index contributed by atoms with van der Waals surface area (Å²) in [5.41, 5.74) is 2.94. The number of allylic oxidation sites excluding steroid dienone is 1. The van der Waals surface area contributed by atoms with Gasteiger partial charge in [-0.2, -0.15) is 0 Å². The first kappa shape index (κ1) is 20.3. The van der Waals surface area contributed by atoms with Crippen LogP contribution >= 0.6 is 0 Å². The van der Waals surface area contributed by atoms with Gasteiger partial charge in [0.05, 0.1) is 5.92 Å². The quantitative estimate of drug-likeness (QED) is 0.264. The lowest BCUT2D eigenvalue weighted by Gasteiger charge is -2.23. The minimum absolute atomic E-state index is 0.117. The van der Waals surface area contributed by atoms with Crippen LogP contribution in [0.5, 0.6) is 11.5 Å². The van der Waals surface area contributed by atoms with Crippen LogP contribution in [0.25, 0.3) is 0 Å². The SMILES string of the molecule is CCN(CC1=CC1C(=N)c1ccc(O)cc1)C(=O)C(C=O)Cc1ccc(O)cc1. The number of likely N-dealkylation sites (N-methyl/N-ethyl adjacent to an activating group) is 1. The molecule has 0 saturated heterocycles. The normalized spacial score (nSPS) is 15.9. The zero-order chi connectivity index (χ0) is 21.0. The molecule has 1 aliphatic carbocycles. The molecule has 2 aromatic carbocycles. The predicted molar refractivity (Wildman–Crippen MR) is 110 cm³/mol. The van der Waals surface area contributed by atoms with Gasteiger partial charge in [-0.15, -0.1) is 0 Å². The van der Waals surface area contributed by atoms with Crippen LogP contribution in [0, 0.1) is 17.2 Å². The molecule has 0 aliphatic heterocycles. The number of benzene rings is 2. The number of aldehydes is 1. The Balaban J connectivity index is 1.60. The van der Waals surface area contributed by atoms with Crippen molar-refractivity contribution in [1.82, 2.24) is 4.90 Å². The maximum absolute atomic E-state index is 12.9. The summed E-state index contributed by atoms with van der Waals surface area (Å²) in [4.78, 5) is 26.1. The topological polar surface area (TPSA) is 102 Å². The van der Waals surface area contributed by atoms with Gasteiger partial charge in [0.25, 0.3) is 0 Å². The van der Waals surface area contributed by atoms with Crippen LogP contribution in [-0.4, -0.2) is 46.1 Å². The maximum atomic E-state index is 12.9. The minimum Gasteiger partial charge on any atom is -0.508 e. The van der Waals surface area contributed by atoms with E-state index in [1.165, 1.54) is 12.1 Å². The molecular formula is C23H24N2O4. The Bertz CT molecular complexity index is 932. The molecule has 29 heavy (non-hydrogen) atoms. The van der Waals surface area contributed by atoms with Gasteiger partial charge in [-0.25, -0.2) is 0 Å². The van der Waals surface area contributed by atoms with E-state index in [2.05, 4.69) is 0 Å². The van der Waals surface area contributed by atoms with Gasteiger partial charge in [-0.3, -0.25) is 4.79 Å². The first-order valence-corrected chi connectivity index (χ1v) is 9.53. The number of amides is 1. The molecule has 1 amide bonds. The summed E-state index contributed by atoms with van der Waals surface area (Å²) in [7, 11) is 0. The van der Waals surface area contributed by atoms with Crippen molar-refractivity contribution in [3.8, 4) is 11.5 Å². The third-order valence-electron chi connectivity index (χ3n) is 5.10. The molecule has 3 rings (SSSR count). The summed E-state index contributed by atoms with van der Waals surface area (Å²) in [6.07, 6.45) is 2.90. The van der Waals surface area contributed by atoms with E-state index in [1.807, 2.05) is 13.0 Å². The van der Waals surface area contributed by atoms with Gasteiger partial charge in [-0.05, 0) is 66.4 Å². The molecule has 0 fully saturated rings. The number of carbonyl (C=O) groups is 2. The molecule has 150 valence electrons. The Labute approximate surface area is 169 Å². The maximum Gasteiger partial charge on any atom is 0.233 e. The molecule has 0 spiro atoms. The zero-order valence-electron chi connectivity index (χ0n) is 16.2. The van der Waals surface area contributed by atoms with Crippen molar-refractivity contribution in [3.63, 3.8) is 0 Å². The number of aromatic hydroxyl groups is 2. The number of phenolic OH excluding ortho intramolecular Hbond substituents is 2. The first-order valence-electron chi connectivity index (χ1n) is 9.53. The summed E-state index contributed by atoms with van der Waals surface area (Å²) < 4.78 is 0. The lowest BCUT2D eigenvalue weighted by atomic mass is 9.98. The summed E-state index contributed by atoms with van der Waals surface area (Å²) >= 11 is 0. The number of nitrogens with one attached hydrogen (secondary N) is 1. The second-order valence-electron chi connectivity index (χ2n) is 7.15. The van der Waals surface area contributed by atoms with Gasteiger partial charge in [0.15, 0.2) is 0 Å². The Morgan fingerprint density at radius 1 is 1.10 bits per heavy atom. The van der Waals surface area contributed by atoms with E-state index in [1.54, 1.807) is 41.3 Å². The number of phenols is 2. The smallest absolute Gasteiger partial charge is 0.233 e. The molecule has 3 N–H and O–H groups in total. The van der Waals surface area contributed by atoms with Crippen molar-refractivity contribution in [2.24, 2.45) is 11.8 Å². The van der Waals surface area contributed by atoms with Gasteiger partial charge in [-0.1, -0.05) is 18.2 Å². The monoisotopic (exact) mass is 392 g/mol. The summed E-state index contributed by atoms with van der Waals surface area (Å²) in [5.74, 6) is -0.845. The molecule has 0 saturated carbocycles. The van der Waals surface area contributed by atoms with Gasteiger partial charge in [0, 0.05) is 24.7 Å². The summed E-state index contributed by atoms with van der Waals surface area (Å²) in [6, 6.07) is 13.0. The van der Waals surface area contributed by atoms with E-state index in [4.69, 9.17) is 5.41 Å². The number of nitrogens with zero attached hydrogens (tertiary/aromatic N) is 1. The lowest BCUT2D eigenvalue weighted by Crippen LogP contribution is -2.38. The van der Waals surface area contributed by atoms with Crippen molar-refractivity contribution in [3.05, 3.63) is 71.3 Å². The summed E-state index contributed by atoms with van der Waals surface area (Å²) in [5, 5.41) is 27.1. The van der Waals surface area contributed by atoms with Crippen LogP contribution < -0.4 is 0 Å². The standard InChI is InChI=1S/C23H24N2O4/c1-2-25(23(29)18(14-26)11-15-3-7-19(27)8-4-15)13-17-12-21(17)22(24)16-5-9-20(28)10-6-16/h3-10,12,14,18,21,24,27-28H,2,11,13H2,1H3. The van der Waals surface area contributed by atoms with Gasteiger partial charge in [0.1, 0.15) is 17.8 Å². The fourth-order valence-electron chi connectivity index (χ4n) is 3.29. The number of hydrogen-bond donors (Lipinski definition) is 3. The van der Waals surface area contributed by atoms with Gasteiger partial charge in [0.2, 0.25) is 5.91 Å². The molecule has 0 bridgehead atoms. The minimum atomic E-state index is -0.783. The van der Waals surface area contributed by atoms with E-state index < -0.39 is 5.92 Å². The molecule has 6 heteroatoms.